The predicted octanol–water partition coefficient (Wildman–Crippen LogP) is 4.43. The molecule has 1 aliphatic heterocycles. The fourth-order valence-corrected chi connectivity index (χ4v) is 5.10. The van der Waals surface area contributed by atoms with Crippen LogP contribution in [0.3, 0.4) is 0 Å². The highest BCUT2D eigenvalue weighted by Gasteiger charge is 2.40. The summed E-state index contributed by atoms with van der Waals surface area (Å²) in [6.45, 7) is 15.1. The maximum absolute atomic E-state index is 12.6. The molecule has 0 N–H and O–H groups in total. The van der Waals surface area contributed by atoms with Crippen LogP contribution in [0.25, 0.3) is 0 Å². The molecule has 3 nitrogen and oxygen atoms in total. The van der Waals surface area contributed by atoms with Gasteiger partial charge in [-0.2, -0.15) is 0 Å². The lowest BCUT2D eigenvalue weighted by Crippen LogP contribution is -2.56. The third kappa shape index (κ3) is 4.82. The number of carbonyl (C=O) groups excluding carboxylic acids is 1. The predicted molar refractivity (Wildman–Crippen MR) is 83.1 cm³/mol. The number of amides is 1. The van der Waals surface area contributed by atoms with Gasteiger partial charge in [-0.25, -0.2) is 4.79 Å². The molecule has 1 fully saturated rings. The monoisotopic (exact) mass is 285 g/mol. The maximum atomic E-state index is 12.6. The van der Waals surface area contributed by atoms with Crippen molar-refractivity contribution in [1.29, 1.82) is 0 Å². The van der Waals surface area contributed by atoms with Crippen molar-refractivity contribution >= 4 is 14.2 Å². The third-order valence-electron chi connectivity index (χ3n) is 3.76. The summed E-state index contributed by atoms with van der Waals surface area (Å²) in [5, 5.41) is 0. The van der Waals surface area contributed by atoms with E-state index in [0.29, 0.717) is 11.7 Å². The van der Waals surface area contributed by atoms with Crippen LogP contribution in [0.4, 0.5) is 4.79 Å². The van der Waals surface area contributed by atoms with Gasteiger partial charge in [0.05, 0.1) is 8.07 Å². The lowest BCUT2D eigenvalue weighted by atomic mass is 10.1. The molecule has 1 amide bonds. The second-order valence-corrected chi connectivity index (χ2v) is 13.3. The average molecular weight is 286 g/mol. The molecule has 0 spiro atoms. The van der Waals surface area contributed by atoms with E-state index in [1.165, 1.54) is 12.8 Å². The molecule has 0 unspecified atom stereocenters. The van der Waals surface area contributed by atoms with E-state index in [-0.39, 0.29) is 6.09 Å². The van der Waals surface area contributed by atoms with Crippen molar-refractivity contribution in [3.05, 3.63) is 0 Å². The first-order valence-corrected chi connectivity index (χ1v) is 11.1. The minimum Gasteiger partial charge on any atom is -0.444 e. The highest BCUT2D eigenvalue weighted by Crippen LogP contribution is 2.29. The second kappa shape index (κ2) is 5.86. The molecule has 0 aliphatic carbocycles. The van der Waals surface area contributed by atoms with Gasteiger partial charge in [-0.3, -0.25) is 0 Å². The Bertz CT molecular complexity index is 317. The molecule has 1 aliphatic rings. The van der Waals surface area contributed by atoms with Gasteiger partial charge in [0.2, 0.25) is 0 Å². The molecule has 2 atom stereocenters. The van der Waals surface area contributed by atoms with Crippen LogP contribution in [0, 0.1) is 0 Å². The molecule has 0 aromatic carbocycles. The van der Waals surface area contributed by atoms with Gasteiger partial charge in [0.15, 0.2) is 0 Å². The molecule has 0 aromatic heterocycles. The van der Waals surface area contributed by atoms with Gasteiger partial charge in [-0.05, 0) is 40.5 Å². The number of carbonyl (C=O) groups is 1. The summed E-state index contributed by atoms with van der Waals surface area (Å²) in [6.07, 6.45) is 4.58. The zero-order chi connectivity index (χ0) is 14.8. The Kier molecular flexibility index (Phi) is 5.10. The first-order valence-electron chi connectivity index (χ1n) is 7.53. The molecular weight excluding hydrogens is 254 g/mol. The van der Waals surface area contributed by atoms with E-state index in [0.717, 1.165) is 12.8 Å². The van der Waals surface area contributed by atoms with E-state index in [9.17, 15) is 4.79 Å². The summed E-state index contributed by atoms with van der Waals surface area (Å²) in [5.41, 5.74) is -0.00699. The van der Waals surface area contributed by atoms with E-state index in [4.69, 9.17) is 4.74 Å². The second-order valence-electron chi connectivity index (χ2n) is 7.90. The third-order valence-corrected chi connectivity index (χ3v) is 6.33. The van der Waals surface area contributed by atoms with Crippen molar-refractivity contribution < 1.29 is 9.53 Å². The summed E-state index contributed by atoms with van der Waals surface area (Å²) in [4.78, 5) is 14.6. The van der Waals surface area contributed by atoms with Gasteiger partial charge in [0.25, 0.3) is 0 Å². The summed E-state index contributed by atoms with van der Waals surface area (Å²) < 4.78 is 5.64. The summed E-state index contributed by atoms with van der Waals surface area (Å²) in [5.74, 6) is 0. The normalized spacial score (nSPS) is 25.9. The van der Waals surface area contributed by atoms with Crippen molar-refractivity contribution in [3.63, 3.8) is 0 Å². The molecule has 0 radical (unpaired) electrons. The zero-order valence-corrected chi connectivity index (χ0v) is 14.7. The van der Waals surface area contributed by atoms with E-state index in [2.05, 4.69) is 31.5 Å². The van der Waals surface area contributed by atoms with E-state index in [1.807, 2.05) is 20.8 Å². The average Bonchev–Trinajstić information content (AvgIpc) is 2.35. The Hall–Kier alpha value is -0.513. The molecule has 1 saturated heterocycles. The van der Waals surface area contributed by atoms with Crippen molar-refractivity contribution in [2.45, 2.75) is 90.3 Å². The van der Waals surface area contributed by atoms with Crippen LogP contribution in [0.15, 0.2) is 0 Å². The number of hydrogen-bond acceptors (Lipinski definition) is 2. The fraction of sp³-hybridized carbons (Fsp3) is 0.933. The van der Waals surface area contributed by atoms with Crippen LogP contribution in [0.2, 0.25) is 19.6 Å². The number of nitrogens with zero attached hydrogens (tertiary/aromatic N) is 1. The molecular formula is C15H31NO2Si. The number of rotatable bonds is 1. The topological polar surface area (TPSA) is 29.5 Å². The summed E-state index contributed by atoms with van der Waals surface area (Å²) in [7, 11) is -1.41. The standard InChI is InChI=1S/C15H31NO2Si/c1-12-10-8-9-11-13(19(5,6)7)16(12)14(17)18-15(2,3)4/h12-13H,8-11H2,1-7H3/t12-,13-/m1/s1. The molecule has 0 bridgehead atoms. The minimum atomic E-state index is -1.41. The SMILES string of the molecule is C[C@@H]1CCCC[C@@H]([Si](C)(C)C)N1C(=O)OC(C)(C)C. The first-order chi connectivity index (χ1) is 8.52. The highest BCUT2D eigenvalue weighted by atomic mass is 28.3. The molecule has 1 heterocycles. The van der Waals surface area contributed by atoms with Crippen LogP contribution in [0.5, 0.6) is 0 Å². The number of ether oxygens (including phenoxy) is 1. The van der Waals surface area contributed by atoms with Crippen LogP contribution in [0.1, 0.15) is 53.4 Å². The zero-order valence-electron chi connectivity index (χ0n) is 13.7. The lowest BCUT2D eigenvalue weighted by Gasteiger charge is -2.41. The van der Waals surface area contributed by atoms with Gasteiger partial charge in [0.1, 0.15) is 5.60 Å². The van der Waals surface area contributed by atoms with Gasteiger partial charge < -0.3 is 9.64 Å². The van der Waals surface area contributed by atoms with Crippen LogP contribution < -0.4 is 0 Å². The molecule has 0 aromatic rings. The van der Waals surface area contributed by atoms with Crippen molar-refractivity contribution in [1.82, 2.24) is 4.90 Å². The highest BCUT2D eigenvalue weighted by molar-refractivity contribution is 6.77. The molecule has 4 heteroatoms. The fourth-order valence-electron chi connectivity index (χ4n) is 2.83. The molecule has 112 valence electrons. The smallest absolute Gasteiger partial charge is 0.410 e. The molecule has 0 saturated carbocycles. The van der Waals surface area contributed by atoms with Crippen molar-refractivity contribution in [2.75, 3.05) is 0 Å². The Morgan fingerprint density at radius 2 is 1.68 bits per heavy atom. The lowest BCUT2D eigenvalue weighted by molar-refractivity contribution is 0.0138. The van der Waals surface area contributed by atoms with Crippen LogP contribution in [-0.4, -0.2) is 36.4 Å². The summed E-state index contributed by atoms with van der Waals surface area (Å²) >= 11 is 0. The van der Waals surface area contributed by atoms with Crippen molar-refractivity contribution in [2.24, 2.45) is 0 Å². The summed E-state index contributed by atoms with van der Waals surface area (Å²) in [6, 6.07) is 0.300. The Morgan fingerprint density at radius 1 is 1.16 bits per heavy atom. The van der Waals surface area contributed by atoms with Gasteiger partial charge >= 0.3 is 6.09 Å². The molecule has 19 heavy (non-hydrogen) atoms. The number of likely N-dealkylation sites (tertiary alicyclic amines) is 1. The minimum absolute atomic E-state index is 0.116. The van der Waals surface area contributed by atoms with Gasteiger partial charge in [0, 0.05) is 11.7 Å². The Morgan fingerprint density at radius 3 is 2.16 bits per heavy atom. The number of hydrogen-bond donors (Lipinski definition) is 0. The molecule has 1 rings (SSSR count). The van der Waals surface area contributed by atoms with Crippen LogP contribution in [-0.2, 0) is 4.74 Å². The quantitative estimate of drug-likeness (QED) is 0.667. The van der Waals surface area contributed by atoms with E-state index in [1.54, 1.807) is 0 Å². The van der Waals surface area contributed by atoms with Crippen molar-refractivity contribution in [3.8, 4) is 0 Å². The van der Waals surface area contributed by atoms with Gasteiger partial charge in [-0.15, -0.1) is 0 Å². The van der Waals surface area contributed by atoms with E-state index >= 15 is 0 Å². The van der Waals surface area contributed by atoms with Crippen LogP contribution >= 0.6 is 0 Å². The Labute approximate surface area is 119 Å². The van der Waals surface area contributed by atoms with Gasteiger partial charge in [-0.1, -0.05) is 32.5 Å². The maximum Gasteiger partial charge on any atom is 0.410 e. The largest absolute Gasteiger partial charge is 0.444 e. The Balaban J connectivity index is 2.96. The first kappa shape index (κ1) is 16.5. The van der Waals surface area contributed by atoms with E-state index < -0.39 is 13.7 Å².